The van der Waals surface area contributed by atoms with Crippen LogP contribution in [0.25, 0.3) is 0 Å². The molecule has 1 aliphatic carbocycles. The number of hydrogen-bond donors (Lipinski definition) is 0. The molecule has 3 nitrogen and oxygen atoms in total. The molecular weight excluding hydrogens is 368 g/mol. The number of nitrogens with zero attached hydrogens (tertiary/aromatic N) is 2. The van der Waals surface area contributed by atoms with E-state index >= 15 is 0 Å². The molecule has 2 heterocycles. The van der Waals surface area contributed by atoms with Crippen LogP contribution in [0.15, 0.2) is 28.6 Å². The zero-order chi connectivity index (χ0) is 14.8. The summed E-state index contributed by atoms with van der Waals surface area (Å²) >= 11 is 6.51. The van der Waals surface area contributed by atoms with E-state index in [1.807, 2.05) is 12.1 Å². The van der Waals surface area contributed by atoms with Gasteiger partial charge < -0.3 is 0 Å². The topological polar surface area (TPSA) is 33.2 Å². The second kappa shape index (κ2) is 6.42. The van der Waals surface area contributed by atoms with Gasteiger partial charge in [-0.25, -0.2) is 4.98 Å². The Morgan fingerprint density at radius 3 is 2.86 bits per heavy atom. The van der Waals surface area contributed by atoms with Crippen molar-refractivity contribution in [3.05, 3.63) is 44.0 Å². The van der Waals surface area contributed by atoms with E-state index in [2.05, 4.69) is 22.5 Å². The molecule has 0 aromatic carbocycles. The lowest BCUT2D eigenvalue weighted by Crippen LogP contribution is -2.30. The standard InChI is InChI=1S/C15H15BrN2OS2/c1-2-9-18(14(19)12-7-8-13(16)20-12)15-17-10-5-3-4-6-11(10)21-15/h2,7-8H,1,3-6,9H2. The fourth-order valence-corrected chi connectivity index (χ4v) is 4.88. The molecule has 0 saturated carbocycles. The molecule has 0 unspecified atom stereocenters. The van der Waals surface area contributed by atoms with Crippen LogP contribution in [-0.4, -0.2) is 17.4 Å². The van der Waals surface area contributed by atoms with Crippen molar-refractivity contribution in [3.63, 3.8) is 0 Å². The van der Waals surface area contributed by atoms with Crippen LogP contribution in [0.5, 0.6) is 0 Å². The van der Waals surface area contributed by atoms with Crippen molar-refractivity contribution in [2.45, 2.75) is 25.7 Å². The molecule has 1 amide bonds. The predicted octanol–water partition coefficient (Wildman–Crippen LogP) is 4.68. The third kappa shape index (κ3) is 3.12. The largest absolute Gasteiger partial charge is 0.279 e. The summed E-state index contributed by atoms with van der Waals surface area (Å²) in [7, 11) is 0. The molecule has 0 spiro atoms. The van der Waals surface area contributed by atoms with Gasteiger partial charge in [-0.15, -0.1) is 29.3 Å². The second-order valence-electron chi connectivity index (χ2n) is 4.88. The number of anilines is 1. The molecular formula is C15H15BrN2OS2. The molecule has 6 heteroatoms. The van der Waals surface area contributed by atoms with Gasteiger partial charge in [0.1, 0.15) is 0 Å². The average Bonchev–Trinajstić information content (AvgIpc) is 3.09. The maximum Gasteiger partial charge on any atom is 0.270 e. The van der Waals surface area contributed by atoms with E-state index in [1.165, 1.54) is 34.7 Å². The first-order valence-corrected chi connectivity index (χ1v) is 9.28. The van der Waals surface area contributed by atoms with E-state index in [9.17, 15) is 4.79 Å². The summed E-state index contributed by atoms with van der Waals surface area (Å²) in [5, 5.41) is 0.802. The Morgan fingerprint density at radius 1 is 1.38 bits per heavy atom. The molecule has 0 radical (unpaired) electrons. The molecule has 2 aromatic rings. The van der Waals surface area contributed by atoms with Gasteiger partial charge in [-0.1, -0.05) is 6.08 Å². The van der Waals surface area contributed by atoms with E-state index in [0.29, 0.717) is 6.54 Å². The number of fused-ring (bicyclic) bond motifs is 1. The Morgan fingerprint density at radius 2 is 2.19 bits per heavy atom. The van der Waals surface area contributed by atoms with Crippen LogP contribution in [0.1, 0.15) is 33.1 Å². The number of aromatic nitrogens is 1. The van der Waals surface area contributed by atoms with E-state index in [4.69, 9.17) is 4.98 Å². The van der Waals surface area contributed by atoms with Gasteiger partial charge >= 0.3 is 0 Å². The van der Waals surface area contributed by atoms with Gasteiger partial charge in [0.2, 0.25) is 0 Å². The van der Waals surface area contributed by atoms with Crippen molar-refractivity contribution in [1.82, 2.24) is 4.98 Å². The molecule has 21 heavy (non-hydrogen) atoms. The van der Waals surface area contributed by atoms with Crippen molar-refractivity contribution in [1.29, 1.82) is 0 Å². The van der Waals surface area contributed by atoms with Crippen molar-refractivity contribution >= 4 is 49.6 Å². The lowest BCUT2D eigenvalue weighted by atomic mass is 10.0. The molecule has 2 aromatic heterocycles. The van der Waals surface area contributed by atoms with Gasteiger partial charge in [-0.3, -0.25) is 9.69 Å². The number of amides is 1. The third-order valence-corrected chi connectivity index (χ3v) is 6.20. The maximum absolute atomic E-state index is 12.7. The van der Waals surface area contributed by atoms with Gasteiger partial charge in [-0.05, 0) is 53.7 Å². The summed E-state index contributed by atoms with van der Waals surface area (Å²) in [5.41, 5.74) is 1.18. The minimum Gasteiger partial charge on any atom is -0.279 e. The normalized spacial score (nSPS) is 13.8. The quantitative estimate of drug-likeness (QED) is 0.719. The van der Waals surface area contributed by atoms with E-state index in [1.54, 1.807) is 22.3 Å². The van der Waals surface area contributed by atoms with Crippen LogP contribution in [0.4, 0.5) is 5.13 Å². The maximum atomic E-state index is 12.7. The molecule has 0 bridgehead atoms. The molecule has 110 valence electrons. The van der Waals surface area contributed by atoms with Gasteiger partial charge in [0, 0.05) is 11.4 Å². The summed E-state index contributed by atoms with van der Waals surface area (Å²) in [4.78, 5) is 21.2. The fourth-order valence-electron chi connectivity index (χ4n) is 2.39. The first-order chi connectivity index (χ1) is 10.2. The second-order valence-corrected chi connectivity index (χ2v) is 8.41. The van der Waals surface area contributed by atoms with Crippen LogP contribution < -0.4 is 4.90 Å². The van der Waals surface area contributed by atoms with Crippen molar-refractivity contribution in [2.75, 3.05) is 11.4 Å². The zero-order valence-electron chi connectivity index (χ0n) is 11.5. The highest BCUT2D eigenvalue weighted by molar-refractivity contribution is 9.11. The predicted molar refractivity (Wildman–Crippen MR) is 92.6 cm³/mol. The highest BCUT2D eigenvalue weighted by Gasteiger charge is 2.24. The minimum absolute atomic E-state index is 0.00306. The van der Waals surface area contributed by atoms with Crippen LogP contribution in [0.3, 0.4) is 0 Å². The van der Waals surface area contributed by atoms with Crippen LogP contribution >= 0.6 is 38.6 Å². The van der Waals surface area contributed by atoms with Gasteiger partial charge in [0.15, 0.2) is 5.13 Å². The molecule has 0 N–H and O–H groups in total. The Hall–Kier alpha value is -0.980. The Labute approximate surface area is 140 Å². The van der Waals surface area contributed by atoms with Crippen molar-refractivity contribution < 1.29 is 4.79 Å². The molecule has 0 aliphatic heterocycles. The molecule has 3 rings (SSSR count). The van der Waals surface area contributed by atoms with Crippen LogP contribution in [-0.2, 0) is 12.8 Å². The monoisotopic (exact) mass is 382 g/mol. The SMILES string of the molecule is C=CCN(C(=O)c1ccc(Br)s1)c1nc2c(s1)CCCC2. The lowest BCUT2D eigenvalue weighted by Gasteiger charge is -2.16. The number of thiazole rings is 1. The number of carbonyl (C=O) groups excluding carboxylic acids is 1. The van der Waals surface area contributed by atoms with E-state index in [0.717, 1.165) is 26.6 Å². The van der Waals surface area contributed by atoms with Gasteiger partial charge in [0.25, 0.3) is 5.91 Å². The number of thiophene rings is 1. The number of aryl methyl sites for hydroxylation is 2. The summed E-state index contributed by atoms with van der Waals surface area (Å²) in [6.45, 7) is 4.25. The van der Waals surface area contributed by atoms with Crippen LogP contribution in [0.2, 0.25) is 0 Å². The van der Waals surface area contributed by atoms with Gasteiger partial charge in [-0.2, -0.15) is 0 Å². The average molecular weight is 383 g/mol. The number of carbonyl (C=O) groups is 1. The van der Waals surface area contributed by atoms with Crippen LogP contribution in [0, 0.1) is 0 Å². The summed E-state index contributed by atoms with van der Waals surface area (Å²) < 4.78 is 0.961. The number of rotatable bonds is 4. The number of halogens is 1. The lowest BCUT2D eigenvalue weighted by molar-refractivity contribution is 0.0993. The zero-order valence-corrected chi connectivity index (χ0v) is 14.7. The van der Waals surface area contributed by atoms with E-state index < -0.39 is 0 Å². The fraction of sp³-hybridized carbons (Fsp3) is 0.333. The third-order valence-electron chi connectivity index (χ3n) is 3.41. The first-order valence-electron chi connectivity index (χ1n) is 6.85. The Balaban J connectivity index is 1.92. The summed E-state index contributed by atoms with van der Waals surface area (Å²) in [6.07, 6.45) is 6.30. The highest BCUT2D eigenvalue weighted by Crippen LogP contribution is 2.33. The van der Waals surface area contributed by atoms with Crippen molar-refractivity contribution in [3.8, 4) is 0 Å². The molecule has 0 atom stereocenters. The smallest absolute Gasteiger partial charge is 0.270 e. The minimum atomic E-state index is -0.00306. The Kier molecular flexibility index (Phi) is 4.57. The Bertz CT molecular complexity index is 654. The van der Waals surface area contributed by atoms with Gasteiger partial charge in [0.05, 0.1) is 14.4 Å². The first kappa shape index (κ1) is 14.9. The summed E-state index contributed by atoms with van der Waals surface area (Å²) in [6, 6.07) is 3.75. The molecule has 0 saturated heterocycles. The number of hydrogen-bond acceptors (Lipinski definition) is 4. The van der Waals surface area contributed by atoms with Crippen molar-refractivity contribution in [2.24, 2.45) is 0 Å². The summed E-state index contributed by atoms with van der Waals surface area (Å²) in [5.74, 6) is -0.00306. The molecule has 0 fully saturated rings. The van der Waals surface area contributed by atoms with E-state index in [-0.39, 0.29) is 5.91 Å². The highest BCUT2D eigenvalue weighted by atomic mass is 79.9. The molecule has 1 aliphatic rings.